The number of nitrogens with zero attached hydrogens (tertiary/aromatic N) is 4. The molecule has 0 saturated heterocycles. The van der Waals surface area contributed by atoms with E-state index in [2.05, 4.69) is 51.8 Å². The van der Waals surface area contributed by atoms with E-state index in [-0.39, 0.29) is 5.41 Å². The maximum absolute atomic E-state index is 5.72. The lowest BCUT2D eigenvalue weighted by molar-refractivity contribution is 0.171. The molecular weight excluding hydrogens is 368 g/mol. The summed E-state index contributed by atoms with van der Waals surface area (Å²) in [5.41, 5.74) is 1.87. The molecule has 2 aromatic heterocycles. The predicted octanol–water partition coefficient (Wildman–Crippen LogP) is 2.14. The van der Waals surface area contributed by atoms with E-state index in [0.717, 1.165) is 23.0 Å². The first-order chi connectivity index (χ1) is 14.1. The number of hydrogen-bond acceptors (Lipinski definition) is 5. The van der Waals surface area contributed by atoms with Gasteiger partial charge in [-0.15, -0.1) is 10.2 Å². The highest BCUT2D eigenvalue weighted by Gasteiger charge is 2.24. The van der Waals surface area contributed by atoms with Gasteiger partial charge in [-0.25, -0.2) is 0 Å². The number of nitrogens with one attached hydrogen (secondary N) is 2. The maximum Gasteiger partial charge on any atom is 0.191 e. The number of aromatic nitrogens is 3. The van der Waals surface area contributed by atoms with Crippen LogP contribution in [-0.2, 0) is 12.0 Å². The van der Waals surface area contributed by atoms with Gasteiger partial charge >= 0.3 is 0 Å². The molecule has 3 aromatic rings. The third-order valence-electron chi connectivity index (χ3n) is 5.04. The lowest BCUT2D eigenvalue weighted by Gasteiger charge is -2.28. The fourth-order valence-corrected chi connectivity index (χ4v) is 3.27. The Hall–Kier alpha value is -3.29. The average molecular weight is 394 g/mol. The molecule has 3 heterocycles. The number of rotatable bonds is 5. The quantitative estimate of drug-likeness (QED) is 0.510. The smallest absolute Gasteiger partial charge is 0.191 e. The van der Waals surface area contributed by atoms with Crippen molar-refractivity contribution in [3.8, 4) is 11.5 Å². The standard InChI is InChI=1S/C21H26N6O2/c1-21(2,15-7-8-16-17(12-15)29-11-10-28-16)14-24-20(22-3)23-13-19-26-25-18-6-4-5-9-27(18)19/h4-9,12H,10-11,13-14H2,1-3H3,(H2,22,23,24). The van der Waals surface area contributed by atoms with Gasteiger partial charge in [-0.2, -0.15) is 0 Å². The van der Waals surface area contributed by atoms with Crippen LogP contribution in [-0.4, -0.2) is 47.4 Å². The van der Waals surface area contributed by atoms with Gasteiger partial charge < -0.3 is 20.1 Å². The number of benzene rings is 1. The lowest BCUT2D eigenvalue weighted by Crippen LogP contribution is -2.43. The molecule has 29 heavy (non-hydrogen) atoms. The van der Waals surface area contributed by atoms with Gasteiger partial charge in [0.15, 0.2) is 28.9 Å². The third-order valence-corrected chi connectivity index (χ3v) is 5.04. The molecule has 152 valence electrons. The van der Waals surface area contributed by atoms with Crippen LogP contribution in [0.25, 0.3) is 5.65 Å². The highest BCUT2D eigenvalue weighted by molar-refractivity contribution is 5.79. The zero-order valence-corrected chi connectivity index (χ0v) is 17.0. The minimum Gasteiger partial charge on any atom is -0.486 e. The van der Waals surface area contributed by atoms with Gasteiger partial charge in [0, 0.05) is 25.2 Å². The van der Waals surface area contributed by atoms with Crippen LogP contribution in [0.15, 0.2) is 47.6 Å². The minimum atomic E-state index is -0.130. The zero-order valence-electron chi connectivity index (χ0n) is 17.0. The molecule has 0 aliphatic carbocycles. The second kappa shape index (κ2) is 7.98. The molecule has 0 spiro atoms. The highest BCUT2D eigenvalue weighted by atomic mass is 16.6. The Labute approximate surface area is 170 Å². The van der Waals surface area contributed by atoms with E-state index < -0.39 is 0 Å². The van der Waals surface area contributed by atoms with Crippen molar-refractivity contribution in [3.05, 3.63) is 54.0 Å². The number of ether oxygens (including phenoxy) is 2. The predicted molar refractivity (Wildman–Crippen MR) is 112 cm³/mol. The molecule has 0 radical (unpaired) electrons. The van der Waals surface area contributed by atoms with Crippen molar-refractivity contribution in [1.29, 1.82) is 0 Å². The molecule has 1 aliphatic rings. The topological polar surface area (TPSA) is 85.1 Å². The number of guanidine groups is 1. The molecule has 0 atom stereocenters. The summed E-state index contributed by atoms with van der Waals surface area (Å²) in [7, 11) is 1.76. The van der Waals surface area contributed by atoms with Gasteiger partial charge in [0.05, 0.1) is 6.54 Å². The van der Waals surface area contributed by atoms with Gasteiger partial charge in [-0.1, -0.05) is 26.0 Å². The molecule has 0 saturated carbocycles. The van der Waals surface area contributed by atoms with Crippen molar-refractivity contribution in [2.45, 2.75) is 25.8 Å². The monoisotopic (exact) mass is 394 g/mol. The summed E-state index contributed by atoms with van der Waals surface area (Å²) in [6.07, 6.45) is 1.95. The second-order valence-corrected chi connectivity index (χ2v) is 7.57. The fraction of sp³-hybridized carbons (Fsp3) is 0.381. The maximum atomic E-state index is 5.72. The summed E-state index contributed by atoms with van der Waals surface area (Å²) in [6.45, 7) is 6.78. The SMILES string of the molecule is CN=C(NCc1nnc2ccccn12)NCC(C)(C)c1ccc2c(c1)OCCO2. The Morgan fingerprint density at radius 3 is 2.76 bits per heavy atom. The molecular formula is C21H26N6O2. The van der Waals surface area contributed by atoms with Crippen molar-refractivity contribution < 1.29 is 9.47 Å². The zero-order chi connectivity index (χ0) is 20.3. The molecule has 1 aliphatic heterocycles. The van der Waals surface area contributed by atoms with E-state index in [1.807, 2.05) is 34.9 Å². The Kier molecular flexibility index (Phi) is 5.24. The second-order valence-electron chi connectivity index (χ2n) is 7.57. The van der Waals surface area contributed by atoms with Crippen molar-refractivity contribution in [1.82, 2.24) is 25.2 Å². The minimum absolute atomic E-state index is 0.130. The summed E-state index contributed by atoms with van der Waals surface area (Å²) in [6, 6.07) is 12.0. The summed E-state index contributed by atoms with van der Waals surface area (Å²) in [5, 5.41) is 15.1. The van der Waals surface area contributed by atoms with Crippen LogP contribution < -0.4 is 20.1 Å². The highest BCUT2D eigenvalue weighted by Crippen LogP contribution is 2.34. The van der Waals surface area contributed by atoms with Crippen LogP contribution in [0.4, 0.5) is 0 Å². The van der Waals surface area contributed by atoms with Gasteiger partial charge in [-0.05, 0) is 29.8 Å². The Morgan fingerprint density at radius 1 is 1.10 bits per heavy atom. The van der Waals surface area contributed by atoms with Crippen LogP contribution in [0, 0.1) is 0 Å². The number of hydrogen-bond donors (Lipinski definition) is 2. The Morgan fingerprint density at radius 2 is 1.93 bits per heavy atom. The van der Waals surface area contributed by atoms with Crippen LogP contribution in [0.1, 0.15) is 25.2 Å². The summed E-state index contributed by atoms with van der Waals surface area (Å²) >= 11 is 0. The first-order valence-electron chi connectivity index (χ1n) is 9.70. The fourth-order valence-electron chi connectivity index (χ4n) is 3.27. The van der Waals surface area contributed by atoms with Gasteiger partial charge in [0.25, 0.3) is 0 Å². The van der Waals surface area contributed by atoms with E-state index in [0.29, 0.717) is 32.3 Å². The normalized spacial score (nSPS) is 14.1. The van der Waals surface area contributed by atoms with Crippen LogP contribution >= 0.6 is 0 Å². The molecule has 1 aromatic carbocycles. The molecule has 0 fully saturated rings. The van der Waals surface area contributed by atoms with Crippen LogP contribution in [0.3, 0.4) is 0 Å². The van der Waals surface area contributed by atoms with Gasteiger partial charge in [0.1, 0.15) is 13.2 Å². The molecule has 2 N–H and O–H groups in total. The van der Waals surface area contributed by atoms with Crippen molar-refractivity contribution >= 4 is 11.6 Å². The summed E-state index contributed by atoms with van der Waals surface area (Å²) in [5.74, 6) is 3.16. The summed E-state index contributed by atoms with van der Waals surface area (Å²) in [4.78, 5) is 4.33. The van der Waals surface area contributed by atoms with E-state index in [1.54, 1.807) is 7.05 Å². The van der Waals surface area contributed by atoms with Crippen molar-refractivity contribution in [2.75, 3.05) is 26.8 Å². The average Bonchev–Trinajstić information content (AvgIpc) is 3.16. The first kappa shape index (κ1) is 19.0. The van der Waals surface area contributed by atoms with E-state index in [9.17, 15) is 0 Å². The molecule has 4 rings (SSSR count). The molecule has 0 unspecified atom stereocenters. The largest absolute Gasteiger partial charge is 0.486 e. The van der Waals surface area contributed by atoms with E-state index >= 15 is 0 Å². The molecule has 0 bridgehead atoms. The Balaban J connectivity index is 1.38. The van der Waals surface area contributed by atoms with Crippen LogP contribution in [0.2, 0.25) is 0 Å². The number of pyridine rings is 1. The van der Waals surface area contributed by atoms with Crippen molar-refractivity contribution in [2.24, 2.45) is 4.99 Å². The van der Waals surface area contributed by atoms with Gasteiger partial charge in [-0.3, -0.25) is 9.39 Å². The Bertz CT molecular complexity index is 1030. The number of aliphatic imine (C=N–C) groups is 1. The third kappa shape index (κ3) is 4.11. The summed E-state index contributed by atoms with van der Waals surface area (Å²) < 4.78 is 13.3. The molecule has 8 heteroatoms. The van der Waals surface area contributed by atoms with E-state index in [1.165, 1.54) is 5.56 Å². The molecule has 8 nitrogen and oxygen atoms in total. The lowest BCUT2D eigenvalue weighted by atomic mass is 9.84. The number of fused-ring (bicyclic) bond motifs is 2. The first-order valence-corrected chi connectivity index (χ1v) is 9.70. The van der Waals surface area contributed by atoms with E-state index in [4.69, 9.17) is 9.47 Å². The molecule has 0 amide bonds. The van der Waals surface area contributed by atoms with Gasteiger partial charge in [0.2, 0.25) is 0 Å². The van der Waals surface area contributed by atoms with Crippen molar-refractivity contribution in [3.63, 3.8) is 0 Å². The van der Waals surface area contributed by atoms with Crippen LogP contribution in [0.5, 0.6) is 11.5 Å².